The van der Waals surface area contributed by atoms with E-state index >= 15 is 0 Å². The molecule has 1 aromatic carbocycles. The van der Waals surface area contributed by atoms with Crippen molar-refractivity contribution in [3.05, 3.63) is 23.3 Å². The summed E-state index contributed by atoms with van der Waals surface area (Å²) >= 11 is 0. The molecule has 0 fully saturated rings. The van der Waals surface area contributed by atoms with E-state index in [0.717, 1.165) is 22.5 Å². The molecule has 0 atom stereocenters. The highest BCUT2D eigenvalue weighted by Crippen LogP contribution is 2.24. The molecule has 2 N–H and O–H groups in total. The molecule has 0 unspecified atom stereocenters. The predicted molar refractivity (Wildman–Crippen MR) is 64.5 cm³/mol. The number of hydrogen-bond acceptors (Lipinski definition) is 2. The van der Waals surface area contributed by atoms with Crippen molar-refractivity contribution in [1.82, 2.24) is 0 Å². The van der Waals surface area contributed by atoms with Crippen LogP contribution in [0.15, 0.2) is 12.1 Å². The molecule has 0 saturated carbocycles. The number of nitrogens with one attached hydrogen (secondary N) is 2. The van der Waals surface area contributed by atoms with Crippen LogP contribution in [0.3, 0.4) is 0 Å². The van der Waals surface area contributed by atoms with Gasteiger partial charge in [-0.25, -0.2) is 0 Å². The number of anilines is 2. The van der Waals surface area contributed by atoms with Crippen LogP contribution in [0, 0.1) is 13.8 Å². The second kappa shape index (κ2) is 4.79. The average molecular weight is 220 g/mol. The molecule has 0 aromatic heterocycles. The van der Waals surface area contributed by atoms with E-state index in [1.54, 1.807) is 0 Å². The van der Waals surface area contributed by atoms with E-state index in [-0.39, 0.29) is 11.8 Å². The van der Waals surface area contributed by atoms with Crippen LogP contribution in [0.1, 0.15) is 25.0 Å². The molecule has 0 saturated heterocycles. The number of carbonyl (C=O) groups is 2. The van der Waals surface area contributed by atoms with Crippen LogP contribution >= 0.6 is 0 Å². The number of rotatable bonds is 2. The third-order valence-electron chi connectivity index (χ3n) is 2.15. The highest BCUT2D eigenvalue weighted by Gasteiger charge is 2.06. The van der Waals surface area contributed by atoms with Crippen LogP contribution in [0.5, 0.6) is 0 Å². The Kier molecular flexibility index (Phi) is 3.66. The second-order valence-electron chi connectivity index (χ2n) is 3.85. The topological polar surface area (TPSA) is 58.2 Å². The van der Waals surface area contributed by atoms with E-state index in [0.29, 0.717) is 0 Å². The van der Waals surface area contributed by atoms with Gasteiger partial charge in [-0.3, -0.25) is 9.59 Å². The normalized spacial score (nSPS) is 9.75. The Bertz CT molecular complexity index is 416. The molecule has 0 aliphatic rings. The first kappa shape index (κ1) is 12.2. The van der Waals surface area contributed by atoms with Gasteiger partial charge >= 0.3 is 0 Å². The lowest BCUT2D eigenvalue weighted by Gasteiger charge is -2.12. The molecule has 4 nitrogen and oxygen atoms in total. The Morgan fingerprint density at radius 2 is 1.38 bits per heavy atom. The van der Waals surface area contributed by atoms with Gasteiger partial charge in [0.25, 0.3) is 0 Å². The minimum atomic E-state index is -0.105. The van der Waals surface area contributed by atoms with Gasteiger partial charge in [-0.15, -0.1) is 0 Å². The maximum Gasteiger partial charge on any atom is 0.221 e. The molecular formula is C12H16N2O2. The molecule has 1 rings (SSSR count). The van der Waals surface area contributed by atoms with E-state index in [9.17, 15) is 9.59 Å². The van der Waals surface area contributed by atoms with Gasteiger partial charge in [-0.2, -0.15) is 0 Å². The molecule has 1 aromatic rings. The zero-order valence-electron chi connectivity index (χ0n) is 9.97. The molecule has 0 aliphatic heterocycles. The molecule has 2 amide bonds. The van der Waals surface area contributed by atoms with E-state index in [1.165, 1.54) is 13.8 Å². The summed E-state index contributed by atoms with van der Waals surface area (Å²) in [5.41, 5.74) is 3.41. The molecule has 86 valence electrons. The maximum absolute atomic E-state index is 11.0. The van der Waals surface area contributed by atoms with Crippen molar-refractivity contribution < 1.29 is 9.59 Å². The lowest BCUT2D eigenvalue weighted by atomic mass is 10.1. The average Bonchev–Trinajstić information content (AvgIpc) is 2.10. The number of benzene rings is 1. The number of aryl methyl sites for hydroxylation is 2. The van der Waals surface area contributed by atoms with Crippen molar-refractivity contribution in [2.45, 2.75) is 27.7 Å². The van der Waals surface area contributed by atoms with E-state index in [1.807, 2.05) is 26.0 Å². The zero-order valence-corrected chi connectivity index (χ0v) is 9.97. The summed E-state index contributed by atoms with van der Waals surface area (Å²) in [6.45, 7) is 6.72. The van der Waals surface area contributed by atoms with Gasteiger partial charge in [0.2, 0.25) is 11.8 Å². The van der Waals surface area contributed by atoms with Crippen LogP contribution < -0.4 is 10.6 Å². The fraction of sp³-hybridized carbons (Fsp3) is 0.333. The summed E-state index contributed by atoms with van der Waals surface area (Å²) in [6, 6.07) is 3.67. The van der Waals surface area contributed by atoms with Crippen LogP contribution in [0.4, 0.5) is 11.4 Å². The summed E-state index contributed by atoms with van der Waals surface area (Å²) in [7, 11) is 0. The monoisotopic (exact) mass is 220 g/mol. The van der Waals surface area contributed by atoms with E-state index < -0.39 is 0 Å². The number of carbonyl (C=O) groups excluding carboxylic acids is 2. The first-order chi connectivity index (χ1) is 7.40. The summed E-state index contributed by atoms with van der Waals surface area (Å²) in [4.78, 5) is 21.9. The van der Waals surface area contributed by atoms with E-state index in [2.05, 4.69) is 10.6 Å². The van der Waals surface area contributed by atoms with Crippen LogP contribution in [-0.4, -0.2) is 11.8 Å². The van der Waals surface area contributed by atoms with Gasteiger partial charge in [-0.1, -0.05) is 0 Å². The summed E-state index contributed by atoms with van der Waals surface area (Å²) in [6.07, 6.45) is 0. The van der Waals surface area contributed by atoms with E-state index in [4.69, 9.17) is 0 Å². The molecule has 0 spiro atoms. The standard InChI is InChI=1S/C12H16N2O2/c1-7-5-11(13-9(3)15)6-8(2)12(7)14-10(4)16/h5-6H,1-4H3,(H,13,15)(H,14,16). The van der Waals surface area contributed by atoms with Crippen molar-refractivity contribution in [2.24, 2.45) is 0 Å². The highest BCUT2D eigenvalue weighted by molar-refractivity contribution is 5.93. The van der Waals surface area contributed by atoms with Gasteiger partial charge in [0.1, 0.15) is 0 Å². The molecule has 0 bridgehead atoms. The molecule has 16 heavy (non-hydrogen) atoms. The molecule has 0 aliphatic carbocycles. The van der Waals surface area contributed by atoms with Gasteiger partial charge < -0.3 is 10.6 Å². The second-order valence-corrected chi connectivity index (χ2v) is 3.85. The predicted octanol–water partition coefficient (Wildman–Crippen LogP) is 2.22. The van der Waals surface area contributed by atoms with Crippen LogP contribution in [-0.2, 0) is 9.59 Å². The minimum absolute atomic E-state index is 0.0986. The van der Waals surface area contributed by atoms with Crippen molar-refractivity contribution >= 4 is 23.2 Å². The van der Waals surface area contributed by atoms with Crippen molar-refractivity contribution in [2.75, 3.05) is 10.6 Å². The van der Waals surface area contributed by atoms with Crippen molar-refractivity contribution in [3.63, 3.8) is 0 Å². The van der Waals surface area contributed by atoms with Gasteiger partial charge in [0, 0.05) is 25.2 Å². The van der Waals surface area contributed by atoms with Gasteiger partial charge in [-0.05, 0) is 37.1 Å². The lowest BCUT2D eigenvalue weighted by molar-refractivity contribution is -0.115. The van der Waals surface area contributed by atoms with Gasteiger partial charge in [0.05, 0.1) is 0 Å². The largest absolute Gasteiger partial charge is 0.326 e. The van der Waals surface area contributed by atoms with Crippen LogP contribution in [0.2, 0.25) is 0 Å². The number of hydrogen-bond donors (Lipinski definition) is 2. The fourth-order valence-corrected chi connectivity index (χ4v) is 1.61. The van der Waals surface area contributed by atoms with Crippen LogP contribution in [0.25, 0.3) is 0 Å². The van der Waals surface area contributed by atoms with Crippen molar-refractivity contribution in [1.29, 1.82) is 0 Å². The summed E-state index contributed by atoms with van der Waals surface area (Å²) < 4.78 is 0. The maximum atomic E-state index is 11.0. The minimum Gasteiger partial charge on any atom is -0.326 e. The summed E-state index contributed by atoms with van der Waals surface area (Å²) in [5, 5.41) is 5.49. The first-order valence-electron chi connectivity index (χ1n) is 5.06. The van der Waals surface area contributed by atoms with Gasteiger partial charge in [0.15, 0.2) is 0 Å². The Morgan fingerprint density at radius 1 is 0.938 bits per heavy atom. The number of amides is 2. The quantitative estimate of drug-likeness (QED) is 0.802. The molecule has 0 radical (unpaired) electrons. The molecule has 4 heteroatoms. The summed E-state index contributed by atoms with van der Waals surface area (Å²) in [5.74, 6) is -0.204. The Balaban J connectivity index is 3.06. The third kappa shape index (κ3) is 3.08. The highest BCUT2D eigenvalue weighted by atomic mass is 16.2. The first-order valence-corrected chi connectivity index (χ1v) is 5.06. The third-order valence-corrected chi connectivity index (χ3v) is 2.15. The molecule has 0 heterocycles. The molecular weight excluding hydrogens is 204 g/mol. The SMILES string of the molecule is CC(=O)Nc1cc(C)c(NC(C)=O)c(C)c1. The Labute approximate surface area is 95.0 Å². The zero-order chi connectivity index (χ0) is 12.3. The lowest BCUT2D eigenvalue weighted by Crippen LogP contribution is -2.10. The smallest absolute Gasteiger partial charge is 0.221 e. The van der Waals surface area contributed by atoms with Crippen molar-refractivity contribution in [3.8, 4) is 0 Å². The Hall–Kier alpha value is -1.84. The Morgan fingerprint density at radius 3 is 1.75 bits per heavy atom. The fourth-order valence-electron chi connectivity index (χ4n) is 1.61.